The summed E-state index contributed by atoms with van der Waals surface area (Å²) in [4.78, 5) is 0. The Kier molecular flexibility index (Phi) is 5.56. The van der Waals surface area contributed by atoms with Gasteiger partial charge in [0.15, 0.2) is 0 Å². The van der Waals surface area contributed by atoms with E-state index in [9.17, 15) is 0 Å². The van der Waals surface area contributed by atoms with E-state index in [0.717, 1.165) is 18.7 Å². The van der Waals surface area contributed by atoms with Crippen molar-refractivity contribution in [3.63, 3.8) is 0 Å². The highest BCUT2D eigenvalue weighted by Gasteiger charge is 2.36. The predicted molar refractivity (Wildman–Crippen MR) is 82.9 cm³/mol. The van der Waals surface area contributed by atoms with Gasteiger partial charge in [-0.25, -0.2) is 0 Å². The maximum Gasteiger partial charge on any atom is 0.142 e. The Balaban J connectivity index is 1.97. The van der Waals surface area contributed by atoms with Crippen molar-refractivity contribution >= 4 is 23.2 Å². The number of halogens is 2. The zero-order valence-corrected chi connectivity index (χ0v) is 13.5. The van der Waals surface area contributed by atoms with Gasteiger partial charge in [0, 0.05) is 36.2 Å². The summed E-state index contributed by atoms with van der Waals surface area (Å²) in [6, 6.07) is 3.59. The third kappa shape index (κ3) is 3.59. The van der Waals surface area contributed by atoms with Crippen LogP contribution in [0.5, 0.6) is 5.75 Å². The van der Waals surface area contributed by atoms with Crippen LogP contribution < -0.4 is 10.1 Å². The van der Waals surface area contributed by atoms with Gasteiger partial charge in [0.25, 0.3) is 0 Å². The number of benzene rings is 1. The van der Waals surface area contributed by atoms with Crippen LogP contribution in [0, 0.1) is 5.41 Å². The molecule has 0 heterocycles. The summed E-state index contributed by atoms with van der Waals surface area (Å²) in [6.07, 6.45) is 3.74. The van der Waals surface area contributed by atoms with Gasteiger partial charge < -0.3 is 14.8 Å². The van der Waals surface area contributed by atoms with E-state index >= 15 is 0 Å². The lowest BCUT2D eigenvalue weighted by atomic mass is 9.69. The molecule has 0 amide bonds. The molecule has 20 heavy (non-hydrogen) atoms. The lowest BCUT2D eigenvalue weighted by molar-refractivity contribution is 0.0177. The Hall–Kier alpha value is -0.480. The van der Waals surface area contributed by atoms with Crippen LogP contribution in [0.15, 0.2) is 12.1 Å². The van der Waals surface area contributed by atoms with E-state index in [0.29, 0.717) is 27.8 Å². The van der Waals surface area contributed by atoms with E-state index in [2.05, 4.69) is 5.32 Å². The largest absolute Gasteiger partial charge is 0.495 e. The minimum absolute atomic E-state index is 0.296. The van der Waals surface area contributed by atoms with Gasteiger partial charge in [0.05, 0.1) is 18.7 Å². The summed E-state index contributed by atoms with van der Waals surface area (Å²) in [5, 5.41) is 4.66. The Bertz CT molecular complexity index is 461. The highest BCUT2D eigenvalue weighted by Crippen LogP contribution is 2.40. The summed E-state index contributed by atoms with van der Waals surface area (Å²) in [5.74, 6) is 0.693. The molecule has 1 aliphatic rings. The number of ether oxygens (including phenoxy) is 2. The number of hydrogen-bond donors (Lipinski definition) is 1. The maximum atomic E-state index is 6.13. The fourth-order valence-electron chi connectivity index (χ4n) is 2.79. The molecule has 1 saturated carbocycles. The molecule has 1 aliphatic carbocycles. The predicted octanol–water partition coefficient (Wildman–Crippen LogP) is 3.91. The van der Waals surface area contributed by atoms with E-state index in [-0.39, 0.29) is 0 Å². The molecule has 0 aliphatic heterocycles. The monoisotopic (exact) mass is 317 g/mol. The quantitative estimate of drug-likeness (QED) is 0.827. The first kappa shape index (κ1) is 15.9. The molecule has 0 saturated heterocycles. The average molecular weight is 318 g/mol. The molecule has 5 heteroatoms. The zero-order chi connectivity index (χ0) is 14.6. The standard InChI is InChI=1S/C15H21Cl2NO2/c1-19-10-15(4-3-5-15)9-18-8-11-6-12(16)7-13(17)14(11)20-2/h6-7,18H,3-5,8-10H2,1-2H3. The highest BCUT2D eigenvalue weighted by molar-refractivity contribution is 6.35. The first-order valence-electron chi connectivity index (χ1n) is 6.82. The second-order valence-corrected chi connectivity index (χ2v) is 6.31. The summed E-state index contributed by atoms with van der Waals surface area (Å²) >= 11 is 12.2. The number of hydrogen-bond acceptors (Lipinski definition) is 3. The molecule has 0 spiro atoms. The van der Waals surface area contributed by atoms with Gasteiger partial charge >= 0.3 is 0 Å². The van der Waals surface area contributed by atoms with Crippen LogP contribution in [-0.2, 0) is 11.3 Å². The van der Waals surface area contributed by atoms with Crippen molar-refractivity contribution < 1.29 is 9.47 Å². The molecule has 1 aromatic carbocycles. The van der Waals surface area contributed by atoms with E-state index in [1.165, 1.54) is 19.3 Å². The third-order valence-corrected chi connectivity index (χ3v) is 4.47. The van der Waals surface area contributed by atoms with Crippen molar-refractivity contribution in [1.82, 2.24) is 5.32 Å². The summed E-state index contributed by atoms with van der Waals surface area (Å²) in [6.45, 7) is 2.44. The topological polar surface area (TPSA) is 30.5 Å². The van der Waals surface area contributed by atoms with Gasteiger partial charge in [-0.05, 0) is 25.0 Å². The third-order valence-electron chi connectivity index (χ3n) is 3.97. The van der Waals surface area contributed by atoms with E-state index < -0.39 is 0 Å². The molecule has 0 unspecified atom stereocenters. The van der Waals surface area contributed by atoms with Gasteiger partial charge in [-0.1, -0.05) is 29.6 Å². The Morgan fingerprint density at radius 1 is 1.25 bits per heavy atom. The van der Waals surface area contributed by atoms with Gasteiger partial charge in [-0.15, -0.1) is 0 Å². The molecule has 2 rings (SSSR count). The second-order valence-electron chi connectivity index (χ2n) is 5.47. The molecule has 0 aromatic heterocycles. The minimum atomic E-state index is 0.296. The highest BCUT2D eigenvalue weighted by atomic mass is 35.5. The zero-order valence-electron chi connectivity index (χ0n) is 12.0. The van der Waals surface area contributed by atoms with Crippen molar-refractivity contribution in [1.29, 1.82) is 0 Å². The molecular weight excluding hydrogens is 297 g/mol. The van der Waals surface area contributed by atoms with Crippen molar-refractivity contribution in [2.45, 2.75) is 25.8 Å². The lowest BCUT2D eigenvalue weighted by Gasteiger charge is -2.41. The lowest BCUT2D eigenvalue weighted by Crippen LogP contribution is -2.43. The maximum absolute atomic E-state index is 6.13. The SMILES string of the molecule is COCC1(CNCc2cc(Cl)cc(Cl)c2OC)CCC1. The van der Waals surface area contributed by atoms with Crippen molar-refractivity contribution in [2.24, 2.45) is 5.41 Å². The van der Waals surface area contributed by atoms with Crippen LogP contribution in [0.1, 0.15) is 24.8 Å². The normalized spacial score (nSPS) is 16.8. The van der Waals surface area contributed by atoms with Crippen molar-refractivity contribution in [3.05, 3.63) is 27.7 Å². The smallest absolute Gasteiger partial charge is 0.142 e. The van der Waals surface area contributed by atoms with Gasteiger partial charge in [-0.3, -0.25) is 0 Å². The molecular formula is C15H21Cl2NO2. The first-order valence-corrected chi connectivity index (χ1v) is 7.57. The van der Waals surface area contributed by atoms with Crippen LogP contribution in [-0.4, -0.2) is 27.4 Å². The van der Waals surface area contributed by atoms with Crippen molar-refractivity contribution in [2.75, 3.05) is 27.4 Å². The van der Waals surface area contributed by atoms with Gasteiger partial charge in [0.1, 0.15) is 5.75 Å². The molecule has 0 radical (unpaired) electrons. The molecule has 0 bridgehead atoms. The molecule has 112 valence electrons. The number of methoxy groups -OCH3 is 2. The fraction of sp³-hybridized carbons (Fsp3) is 0.600. The van der Waals surface area contributed by atoms with Crippen LogP contribution in [0.2, 0.25) is 10.0 Å². The average Bonchev–Trinajstić information content (AvgIpc) is 2.35. The molecule has 1 aromatic rings. The van der Waals surface area contributed by atoms with E-state index in [1.54, 1.807) is 20.3 Å². The molecule has 1 N–H and O–H groups in total. The van der Waals surface area contributed by atoms with E-state index in [4.69, 9.17) is 32.7 Å². The van der Waals surface area contributed by atoms with Crippen molar-refractivity contribution in [3.8, 4) is 5.75 Å². The van der Waals surface area contributed by atoms with Gasteiger partial charge in [0.2, 0.25) is 0 Å². The first-order chi connectivity index (χ1) is 9.60. The summed E-state index contributed by atoms with van der Waals surface area (Å²) in [7, 11) is 3.39. The summed E-state index contributed by atoms with van der Waals surface area (Å²) in [5.41, 5.74) is 1.28. The Morgan fingerprint density at radius 2 is 2.00 bits per heavy atom. The molecule has 0 atom stereocenters. The fourth-order valence-corrected chi connectivity index (χ4v) is 3.40. The van der Waals surface area contributed by atoms with Gasteiger partial charge in [-0.2, -0.15) is 0 Å². The Morgan fingerprint density at radius 3 is 2.55 bits per heavy atom. The Labute approximate surface area is 130 Å². The second kappa shape index (κ2) is 6.99. The van der Waals surface area contributed by atoms with Crippen LogP contribution in [0.4, 0.5) is 0 Å². The number of rotatable bonds is 7. The summed E-state index contributed by atoms with van der Waals surface area (Å²) < 4.78 is 10.7. The van der Waals surface area contributed by atoms with Crippen LogP contribution >= 0.6 is 23.2 Å². The van der Waals surface area contributed by atoms with Crippen LogP contribution in [0.25, 0.3) is 0 Å². The molecule has 3 nitrogen and oxygen atoms in total. The molecule has 1 fully saturated rings. The minimum Gasteiger partial charge on any atom is -0.495 e. The van der Waals surface area contributed by atoms with E-state index in [1.807, 2.05) is 6.07 Å². The van der Waals surface area contributed by atoms with Crippen LogP contribution in [0.3, 0.4) is 0 Å². The number of nitrogens with one attached hydrogen (secondary N) is 1.